The first-order chi connectivity index (χ1) is 19.1. The smallest absolute Gasteiger partial charge is 0.211 e. The number of nitrogens with one attached hydrogen (secondary N) is 1. The first kappa shape index (κ1) is 27.9. The lowest BCUT2D eigenvalue weighted by atomic mass is 9.99. The second kappa shape index (κ2) is 14.1. The minimum atomic E-state index is -0.730. The molecule has 39 heavy (non-hydrogen) atoms. The number of carbonyl (C=O) groups excluding carboxylic acids is 1. The number of aliphatic hydroxyl groups excluding tert-OH is 1. The Balaban J connectivity index is 1.49. The van der Waals surface area contributed by atoms with Crippen molar-refractivity contribution in [3.8, 4) is 11.5 Å². The van der Waals surface area contributed by atoms with Crippen LogP contribution >= 0.6 is 0 Å². The van der Waals surface area contributed by atoms with Gasteiger partial charge in [0.15, 0.2) is 0 Å². The van der Waals surface area contributed by atoms with E-state index in [0.717, 1.165) is 22.4 Å². The average molecular weight is 525 g/mol. The molecule has 0 spiro atoms. The Morgan fingerprint density at radius 1 is 0.872 bits per heavy atom. The number of amides is 1. The van der Waals surface area contributed by atoms with Crippen LogP contribution in [0.3, 0.4) is 0 Å². The monoisotopic (exact) mass is 524 g/mol. The number of rotatable bonds is 14. The van der Waals surface area contributed by atoms with E-state index in [2.05, 4.69) is 41.4 Å². The van der Waals surface area contributed by atoms with E-state index in [1.165, 1.54) is 5.56 Å². The normalized spacial score (nSPS) is 12.5. The van der Waals surface area contributed by atoms with Crippen LogP contribution in [0.4, 0.5) is 5.69 Å². The van der Waals surface area contributed by atoms with Crippen LogP contribution in [0.15, 0.2) is 103 Å². The molecule has 0 bridgehead atoms. The second-order valence-electron chi connectivity index (χ2n) is 9.64. The highest BCUT2D eigenvalue weighted by Gasteiger charge is 2.21. The van der Waals surface area contributed by atoms with Crippen LogP contribution in [0.1, 0.15) is 35.1 Å². The highest BCUT2D eigenvalue weighted by Crippen LogP contribution is 2.28. The van der Waals surface area contributed by atoms with Crippen LogP contribution in [0.5, 0.6) is 11.5 Å². The van der Waals surface area contributed by atoms with Gasteiger partial charge in [-0.3, -0.25) is 9.69 Å². The SMILES string of the molecule is COc1ccc(C(C)CN(Cc2ccccc2)C(O)Cc2ccc(OCc3ccccc3)c(NC=O)c2)cc1. The molecular weight excluding hydrogens is 488 g/mol. The summed E-state index contributed by atoms with van der Waals surface area (Å²) in [5, 5.41) is 14.2. The number of methoxy groups -OCH3 is 1. The summed E-state index contributed by atoms with van der Waals surface area (Å²) in [5.41, 5.74) is 4.82. The van der Waals surface area contributed by atoms with Crippen LogP contribution in [-0.2, 0) is 24.4 Å². The van der Waals surface area contributed by atoms with Gasteiger partial charge in [0.1, 0.15) is 24.3 Å². The molecule has 2 unspecified atom stereocenters. The fourth-order valence-electron chi connectivity index (χ4n) is 4.58. The molecule has 4 rings (SSSR count). The van der Waals surface area contributed by atoms with Crippen molar-refractivity contribution < 1.29 is 19.4 Å². The number of aliphatic hydroxyl groups is 1. The first-order valence-corrected chi connectivity index (χ1v) is 13.2. The fourth-order valence-corrected chi connectivity index (χ4v) is 4.58. The molecule has 0 radical (unpaired) electrons. The van der Waals surface area contributed by atoms with E-state index < -0.39 is 6.23 Å². The number of anilines is 1. The van der Waals surface area contributed by atoms with E-state index >= 15 is 0 Å². The lowest BCUT2D eigenvalue weighted by molar-refractivity contribution is -0.105. The topological polar surface area (TPSA) is 71.0 Å². The van der Waals surface area contributed by atoms with Crippen LogP contribution in [0, 0.1) is 0 Å². The van der Waals surface area contributed by atoms with Crippen LogP contribution < -0.4 is 14.8 Å². The van der Waals surface area contributed by atoms with Gasteiger partial charge in [-0.15, -0.1) is 0 Å². The summed E-state index contributed by atoms with van der Waals surface area (Å²) in [7, 11) is 1.66. The van der Waals surface area contributed by atoms with Crippen LogP contribution in [0.25, 0.3) is 0 Å². The molecule has 0 aromatic heterocycles. The third-order valence-corrected chi connectivity index (χ3v) is 6.76. The van der Waals surface area contributed by atoms with Gasteiger partial charge in [0.2, 0.25) is 6.41 Å². The Morgan fingerprint density at radius 3 is 2.18 bits per heavy atom. The molecule has 0 saturated heterocycles. The second-order valence-corrected chi connectivity index (χ2v) is 9.64. The summed E-state index contributed by atoms with van der Waals surface area (Å²) in [6, 6.07) is 33.8. The lowest BCUT2D eigenvalue weighted by Crippen LogP contribution is -2.38. The number of ether oxygens (including phenoxy) is 2. The molecule has 0 heterocycles. The third kappa shape index (κ3) is 8.18. The largest absolute Gasteiger partial charge is 0.497 e. The van der Waals surface area contributed by atoms with Gasteiger partial charge >= 0.3 is 0 Å². The van der Waals surface area contributed by atoms with Gasteiger partial charge in [-0.05, 0) is 52.4 Å². The van der Waals surface area contributed by atoms with Crippen molar-refractivity contribution in [3.63, 3.8) is 0 Å². The summed E-state index contributed by atoms with van der Waals surface area (Å²) in [4.78, 5) is 13.4. The van der Waals surface area contributed by atoms with Crippen molar-refractivity contribution in [2.45, 2.75) is 38.6 Å². The molecular formula is C33H36N2O4. The molecule has 4 aromatic carbocycles. The Kier molecular flexibility index (Phi) is 10.1. The van der Waals surface area contributed by atoms with Gasteiger partial charge in [-0.2, -0.15) is 0 Å². The standard InChI is InChI=1S/C33H36N2O4/c1-25(29-14-16-30(38-2)17-15-29)21-35(22-26-9-5-3-6-10-26)33(37)20-28-13-18-32(31(19-28)34-24-36)39-23-27-11-7-4-8-12-27/h3-19,24-25,33,37H,20-23H2,1-2H3,(H,34,36). The van der Waals surface area contributed by atoms with Crippen LogP contribution in [-0.4, -0.2) is 36.3 Å². The minimum Gasteiger partial charge on any atom is -0.497 e. The average Bonchev–Trinajstić information content (AvgIpc) is 2.97. The number of carbonyl (C=O) groups is 1. The molecule has 6 heteroatoms. The predicted octanol–water partition coefficient (Wildman–Crippen LogP) is 6.01. The number of benzene rings is 4. The van der Waals surface area contributed by atoms with Crippen LogP contribution in [0.2, 0.25) is 0 Å². The molecule has 0 fully saturated rings. The lowest BCUT2D eigenvalue weighted by Gasteiger charge is -2.31. The maximum Gasteiger partial charge on any atom is 0.211 e. The Hall–Kier alpha value is -4.13. The molecule has 2 atom stereocenters. The van der Waals surface area contributed by atoms with Crippen molar-refractivity contribution in [3.05, 3.63) is 125 Å². The fraction of sp³-hybridized carbons (Fsp3) is 0.242. The summed E-state index contributed by atoms with van der Waals surface area (Å²) < 4.78 is 11.3. The van der Waals surface area contributed by atoms with E-state index in [1.54, 1.807) is 7.11 Å². The predicted molar refractivity (Wildman–Crippen MR) is 155 cm³/mol. The molecule has 6 nitrogen and oxygen atoms in total. The zero-order valence-corrected chi connectivity index (χ0v) is 22.5. The van der Waals surface area contributed by atoms with Gasteiger partial charge in [0.25, 0.3) is 0 Å². The quantitative estimate of drug-likeness (QED) is 0.156. The van der Waals surface area contributed by atoms with E-state index in [-0.39, 0.29) is 5.92 Å². The van der Waals surface area contributed by atoms with Gasteiger partial charge in [0, 0.05) is 19.5 Å². The third-order valence-electron chi connectivity index (χ3n) is 6.76. The van der Waals surface area contributed by atoms with E-state index in [1.807, 2.05) is 78.9 Å². The first-order valence-electron chi connectivity index (χ1n) is 13.2. The Morgan fingerprint density at radius 2 is 1.54 bits per heavy atom. The Labute approximate surface area is 230 Å². The molecule has 0 saturated carbocycles. The highest BCUT2D eigenvalue weighted by atomic mass is 16.5. The van der Waals surface area contributed by atoms with Crippen molar-refractivity contribution >= 4 is 12.1 Å². The van der Waals surface area contributed by atoms with Crippen molar-refractivity contribution in [2.24, 2.45) is 0 Å². The zero-order valence-electron chi connectivity index (χ0n) is 22.5. The number of nitrogens with zero attached hydrogens (tertiary/aromatic N) is 1. The van der Waals surface area contributed by atoms with Gasteiger partial charge in [-0.25, -0.2) is 0 Å². The molecule has 0 aliphatic rings. The zero-order chi connectivity index (χ0) is 27.5. The molecule has 4 aromatic rings. The summed E-state index contributed by atoms with van der Waals surface area (Å²) in [6.07, 6.45) is 0.309. The number of hydrogen-bond donors (Lipinski definition) is 2. The van der Waals surface area contributed by atoms with Crippen molar-refractivity contribution in [2.75, 3.05) is 19.0 Å². The summed E-state index contributed by atoms with van der Waals surface area (Å²) >= 11 is 0. The van der Waals surface area contributed by atoms with Crippen molar-refractivity contribution in [1.29, 1.82) is 0 Å². The molecule has 2 N–H and O–H groups in total. The van der Waals surface area contributed by atoms with Gasteiger partial charge in [-0.1, -0.05) is 85.8 Å². The highest BCUT2D eigenvalue weighted by molar-refractivity contribution is 5.75. The molecule has 0 aliphatic carbocycles. The number of hydrogen-bond acceptors (Lipinski definition) is 5. The summed E-state index contributed by atoms with van der Waals surface area (Å²) in [5.74, 6) is 1.59. The van der Waals surface area contributed by atoms with E-state index in [0.29, 0.717) is 44.0 Å². The van der Waals surface area contributed by atoms with E-state index in [9.17, 15) is 9.90 Å². The maximum absolute atomic E-state index is 11.4. The van der Waals surface area contributed by atoms with E-state index in [4.69, 9.17) is 9.47 Å². The van der Waals surface area contributed by atoms with Gasteiger partial charge < -0.3 is 19.9 Å². The maximum atomic E-state index is 11.4. The Bertz CT molecular complexity index is 1300. The minimum absolute atomic E-state index is 0.190. The summed E-state index contributed by atoms with van der Waals surface area (Å²) in [6.45, 7) is 3.84. The molecule has 1 amide bonds. The van der Waals surface area contributed by atoms with Crippen molar-refractivity contribution in [1.82, 2.24) is 4.90 Å². The van der Waals surface area contributed by atoms with Gasteiger partial charge in [0.05, 0.1) is 12.8 Å². The molecule has 0 aliphatic heterocycles. The molecule has 202 valence electrons.